The van der Waals surface area contributed by atoms with Crippen molar-refractivity contribution in [2.45, 2.75) is 133 Å². The second kappa shape index (κ2) is 18.4. The van der Waals surface area contributed by atoms with Gasteiger partial charge in [0.25, 0.3) is 0 Å². The fourth-order valence-electron chi connectivity index (χ4n) is 6.87. The smallest absolute Gasteiger partial charge is 0.219 e. The third-order valence-corrected chi connectivity index (χ3v) is 9.33. The van der Waals surface area contributed by atoms with Crippen molar-refractivity contribution >= 4 is 5.91 Å². The number of benzene rings is 1. The predicted octanol–water partition coefficient (Wildman–Crippen LogP) is 2.06. The lowest BCUT2D eigenvalue weighted by atomic mass is 9.78. The average Bonchev–Trinajstić information content (AvgIpc) is 3.31. The number of nitrogens with one attached hydrogen (secondary N) is 1. The highest BCUT2D eigenvalue weighted by atomic mass is 16.7. The number of hydrogen-bond donors (Lipinski definition) is 7. The molecule has 1 aromatic carbocycles. The number of amides is 1. The second-order valence-electron chi connectivity index (χ2n) is 12.6. The third-order valence-electron chi connectivity index (χ3n) is 9.33. The molecule has 10 heteroatoms. The number of aliphatic hydroxyl groups is 6. The first-order chi connectivity index (χ1) is 20.7. The minimum atomic E-state index is -1.53. The summed E-state index contributed by atoms with van der Waals surface area (Å²) in [5.41, 5.74) is 1.19. The van der Waals surface area contributed by atoms with Gasteiger partial charge in [-0.15, -0.1) is 0 Å². The lowest BCUT2D eigenvalue weighted by molar-refractivity contribution is -0.314. The molecule has 0 radical (unpaired) electrons. The first kappa shape index (κ1) is 35.8. The van der Waals surface area contributed by atoms with E-state index >= 15 is 0 Å². The molecule has 0 bridgehead atoms. The van der Waals surface area contributed by atoms with Crippen LogP contribution >= 0.6 is 0 Å². The summed E-state index contributed by atoms with van der Waals surface area (Å²) in [5, 5.41) is 65.4. The van der Waals surface area contributed by atoms with Crippen LogP contribution in [0.2, 0.25) is 0 Å². The lowest BCUT2D eigenvalue weighted by Gasteiger charge is -2.41. The number of ether oxygens (including phenoxy) is 2. The van der Waals surface area contributed by atoms with Gasteiger partial charge in [-0.2, -0.15) is 0 Å². The molecular weight excluding hydrogens is 554 g/mol. The van der Waals surface area contributed by atoms with E-state index in [9.17, 15) is 35.4 Å². The molecule has 246 valence electrons. The zero-order chi connectivity index (χ0) is 31.4. The van der Waals surface area contributed by atoms with Crippen LogP contribution in [-0.4, -0.2) is 98.7 Å². The molecule has 1 heterocycles. The van der Waals surface area contributed by atoms with E-state index in [1.807, 2.05) is 25.1 Å². The first-order valence-corrected chi connectivity index (χ1v) is 16.3. The van der Waals surface area contributed by atoms with Crippen molar-refractivity contribution in [2.24, 2.45) is 17.8 Å². The van der Waals surface area contributed by atoms with Gasteiger partial charge in [0.1, 0.15) is 24.4 Å². The maximum Gasteiger partial charge on any atom is 0.219 e. The normalized spacial score (nSPS) is 32.4. The van der Waals surface area contributed by atoms with E-state index in [-0.39, 0.29) is 23.7 Å². The molecule has 1 amide bonds. The number of rotatable bonds is 18. The summed E-state index contributed by atoms with van der Waals surface area (Å²) >= 11 is 0. The van der Waals surface area contributed by atoms with Crippen LogP contribution in [0, 0.1) is 17.8 Å². The summed E-state index contributed by atoms with van der Waals surface area (Å²) < 4.78 is 11.8. The van der Waals surface area contributed by atoms with Gasteiger partial charge in [0.15, 0.2) is 6.29 Å². The van der Waals surface area contributed by atoms with Crippen molar-refractivity contribution in [3.05, 3.63) is 35.9 Å². The molecule has 11 atom stereocenters. The summed E-state index contributed by atoms with van der Waals surface area (Å²) in [7, 11) is 0. The van der Waals surface area contributed by atoms with Crippen LogP contribution in [0.15, 0.2) is 30.3 Å². The summed E-state index contributed by atoms with van der Waals surface area (Å²) in [6.45, 7) is 4.10. The van der Waals surface area contributed by atoms with Gasteiger partial charge in [0.2, 0.25) is 5.91 Å². The average molecular weight is 610 g/mol. The Morgan fingerprint density at radius 2 is 1.72 bits per heavy atom. The first-order valence-electron chi connectivity index (χ1n) is 16.3. The van der Waals surface area contributed by atoms with E-state index in [1.165, 1.54) is 5.56 Å². The van der Waals surface area contributed by atoms with Crippen LogP contribution in [0.3, 0.4) is 0 Å². The molecular formula is C33H55NO9. The number of unbranched alkanes of at least 4 members (excludes halogenated alkanes) is 3. The monoisotopic (exact) mass is 609 g/mol. The maximum absolute atomic E-state index is 11.8. The molecule has 43 heavy (non-hydrogen) atoms. The molecule has 1 aliphatic heterocycles. The Balaban J connectivity index is 1.60. The Morgan fingerprint density at radius 3 is 2.42 bits per heavy atom. The quantitative estimate of drug-likeness (QED) is 0.123. The van der Waals surface area contributed by atoms with Crippen LogP contribution in [0.5, 0.6) is 0 Å². The van der Waals surface area contributed by atoms with E-state index in [1.54, 1.807) is 0 Å². The Labute approximate surface area is 256 Å². The van der Waals surface area contributed by atoms with E-state index in [0.29, 0.717) is 32.2 Å². The Bertz CT molecular complexity index is 919. The fraction of sp³-hybridized carbons (Fsp3) is 0.788. The number of aliphatic hydroxyl groups excluding tert-OH is 6. The summed E-state index contributed by atoms with van der Waals surface area (Å²) in [6, 6.07) is 10.1. The molecule has 3 rings (SSSR count). The van der Waals surface area contributed by atoms with Gasteiger partial charge < -0.3 is 45.4 Å². The number of aryl methyl sites for hydroxylation is 1. The van der Waals surface area contributed by atoms with Gasteiger partial charge in [-0.25, -0.2) is 0 Å². The van der Waals surface area contributed by atoms with Gasteiger partial charge >= 0.3 is 0 Å². The van der Waals surface area contributed by atoms with E-state index in [0.717, 1.165) is 44.9 Å². The number of carbonyl (C=O) groups is 1. The molecule has 7 N–H and O–H groups in total. The summed E-state index contributed by atoms with van der Waals surface area (Å²) in [5.74, 6) is 0.0236. The van der Waals surface area contributed by atoms with Gasteiger partial charge in [0, 0.05) is 19.4 Å². The highest BCUT2D eigenvalue weighted by molar-refractivity contribution is 5.75. The van der Waals surface area contributed by atoms with E-state index in [4.69, 9.17) is 9.47 Å². The van der Waals surface area contributed by atoms with Crippen LogP contribution < -0.4 is 5.32 Å². The van der Waals surface area contributed by atoms with Crippen molar-refractivity contribution in [2.75, 3.05) is 13.2 Å². The number of carbonyl (C=O) groups excluding carboxylic acids is 1. The minimum absolute atomic E-state index is 0.0535. The van der Waals surface area contributed by atoms with Crippen molar-refractivity contribution in [1.29, 1.82) is 0 Å². The SMILES string of the molecule is CCNC(=O)CCCCCC[C@@H]1[C@@H]([C@@H](C)CC[C@@H](O)CCc2ccccc2)[C@H](O)C[C@@H]1O[C@H]1OC(CO)[C@@H](O)C(O)C1O. The highest BCUT2D eigenvalue weighted by Gasteiger charge is 2.49. The Kier molecular flexibility index (Phi) is 15.3. The maximum atomic E-state index is 11.8. The van der Waals surface area contributed by atoms with E-state index in [2.05, 4.69) is 24.4 Å². The predicted molar refractivity (Wildman–Crippen MR) is 162 cm³/mol. The molecule has 1 saturated carbocycles. The van der Waals surface area contributed by atoms with Crippen molar-refractivity contribution in [3.63, 3.8) is 0 Å². The molecule has 2 fully saturated rings. The zero-order valence-corrected chi connectivity index (χ0v) is 25.8. The summed E-state index contributed by atoms with van der Waals surface area (Å²) in [6.07, 6.45) is -0.357. The summed E-state index contributed by atoms with van der Waals surface area (Å²) in [4.78, 5) is 11.8. The van der Waals surface area contributed by atoms with Gasteiger partial charge in [-0.1, -0.05) is 56.5 Å². The van der Waals surface area contributed by atoms with Crippen LogP contribution in [0.4, 0.5) is 0 Å². The standard InChI is InChI=1S/C33H55NO9/c1-3-34-28(38)14-10-5-4-9-13-24-26(42-33-32(41)31(40)30(39)27(20-35)43-33)19-25(37)29(24)21(2)15-17-23(36)18-16-22-11-7-6-8-12-22/h6-8,11-12,21,23-27,29-33,35-37,39-41H,3-5,9-10,13-20H2,1-2H3,(H,34,38)/t21-,23+,24-,25+,26-,27?,29+,30+,31?,32?,33-/m0/s1. The van der Waals surface area contributed by atoms with Crippen LogP contribution in [0.1, 0.15) is 83.6 Å². The number of hydrogen-bond acceptors (Lipinski definition) is 9. The minimum Gasteiger partial charge on any atom is -0.394 e. The zero-order valence-electron chi connectivity index (χ0n) is 25.8. The Morgan fingerprint density at radius 1 is 1.00 bits per heavy atom. The van der Waals surface area contributed by atoms with Crippen molar-refractivity contribution < 1.29 is 44.9 Å². The van der Waals surface area contributed by atoms with Gasteiger partial charge in [0.05, 0.1) is 24.9 Å². The highest BCUT2D eigenvalue weighted by Crippen LogP contribution is 2.44. The Hall–Kier alpha value is -1.63. The molecule has 1 aliphatic carbocycles. The molecule has 3 unspecified atom stereocenters. The van der Waals surface area contributed by atoms with Crippen molar-refractivity contribution in [3.8, 4) is 0 Å². The van der Waals surface area contributed by atoms with Gasteiger partial charge in [-0.05, 0) is 68.8 Å². The van der Waals surface area contributed by atoms with Gasteiger partial charge in [-0.3, -0.25) is 4.79 Å². The molecule has 2 aliphatic rings. The lowest BCUT2D eigenvalue weighted by Crippen LogP contribution is -2.59. The van der Waals surface area contributed by atoms with Crippen LogP contribution in [-0.2, 0) is 20.7 Å². The third kappa shape index (κ3) is 10.7. The fourth-order valence-corrected chi connectivity index (χ4v) is 6.87. The second-order valence-corrected chi connectivity index (χ2v) is 12.6. The van der Waals surface area contributed by atoms with E-state index < -0.39 is 55.6 Å². The van der Waals surface area contributed by atoms with Crippen molar-refractivity contribution in [1.82, 2.24) is 5.32 Å². The van der Waals surface area contributed by atoms with Crippen LogP contribution in [0.25, 0.3) is 0 Å². The largest absolute Gasteiger partial charge is 0.394 e. The molecule has 10 nitrogen and oxygen atoms in total. The topological polar surface area (TPSA) is 169 Å². The molecule has 1 saturated heterocycles. The molecule has 1 aromatic rings. The molecule has 0 spiro atoms. The molecule has 0 aromatic heterocycles.